The summed E-state index contributed by atoms with van der Waals surface area (Å²) in [6.07, 6.45) is 1.94. The van der Waals surface area contributed by atoms with Crippen LogP contribution in [0, 0.1) is 12.8 Å². The van der Waals surface area contributed by atoms with Crippen molar-refractivity contribution in [2.24, 2.45) is 11.7 Å². The number of primary amides is 1. The van der Waals surface area contributed by atoms with Crippen molar-refractivity contribution in [3.05, 3.63) is 28.2 Å². The van der Waals surface area contributed by atoms with E-state index in [1.165, 1.54) is 5.56 Å². The number of carbonyl (C=O) groups excluding carboxylic acids is 1. The third kappa shape index (κ3) is 2.80. The molecule has 1 unspecified atom stereocenters. The monoisotopic (exact) mass is 296 g/mol. The second kappa shape index (κ2) is 5.08. The molecule has 2 N–H and O–H groups in total. The summed E-state index contributed by atoms with van der Waals surface area (Å²) in [4.78, 5) is 13.5. The average Bonchev–Trinajstić information content (AvgIpc) is 2.33. The second-order valence-electron chi connectivity index (χ2n) is 4.62. The highest BCUT2D eigenvalue weighted by molar-refractivity contribution is 9.10. The fourth-order valence-corrected chi connectivity index (χ4v) is 2.59. The van der Waals surface area contributed by atoms with E-state index in [9.17, 15) is 4.79 Å². The zero-order valence-electron chi connectivity index (χ0n) is 9.95. The van der Waals surface area contributed by atoms with Crippen LogP contribution < -0.4 is 10.6 Å². The molecule has 1 fully saturated rings. The number of hydrogen-bond acceptors (Lipinski definition) is 2. The Labute approximate surface area is 110 Å². The molecule has 1 aliphatic heterocycles. The van der Waals surface area contributed by atoms with Crippen LogP contribution in [0.25, 0.3) is 0 Å². The van der Waals surface area contributed by atoms with Gasteiger partial charge in [0.2, 0.25) is 5.91 Å². The Balaban J connectivity index is 2.16. The van der Waals surface area contributed by atoms with Gasteiger partial charge >= 0.3 is 0 Å². The Morgan fingerprint density at radius 3 is 2.94 bits per heavy atom. The summed E-state index contributed by atoms with van der Waals surface area (Å²) in [5, 5.41) is 0. The van der Waals surface area contributed by atoms with E-state index in [0.717, 1.165) is 36.1 Å². The van der Waals surface area contributed by atoms with Crippen molar-refractivity contribution in [2.75, 3.05) is 18.0 Å². The van der Waals surface area contributed by atoms with Crippen molar-refractivity contribution in [3.8, 4) is 0 Å². The number of hydrogen-bond donors (Lipinski definition) is 1. The molecule has 92 valence electrons. The standard InChI is InChI=1S/C13H17BrN2O/c1-9-4-5-11(7-12(9)14)16-6-2-3-10(8-16)13(15)17/h4-5,7,10H,2-3,6,8H2,1H3,(H2,15,17). The van der Waals surface area contributed by atoms with Crippen LogP contribution in [0.15, 0.2) is 22.7 Å². The van der Waals surface area contributed by atoms with Crippen LogP contribution in [0.5, 0.6) is 0 Å². The van der Waals surface area contributed by atoms with Crippen LogP contribution in [-0.2, 0) is 4.79 Å². The molecule has 1 amide bonds. The minimum atomic E-state index is -0.180. The van der Waals surface area contributed by atoms with Crippen LogP contribution in [0.1, 0.15) is 18.4 Å². The van der Waals surface area contributed by atoms with E-state index in [-0.39, 0.29) is 11.8 Å². The highest BCUT2D eigenvalue weighted by Gasteiger charge is 2.24. The quantitative estimate of drug-likeness (QED) is 0.911. The Hall–Kier alpha value is -1.03. The van der Waals surface area contributed by atoms with Gasteiger partial charge in [0.25, 0.3) is 0 Å². The number of rotatable bonds is 2. The van der Waals surface area contributed by atoms with Gasteiger partial charge in [-0.25, -0.2) is 0 Å². The molecule has 2 rings (SSSR count). The van der Waals surface area contributed by atoms with Crippen molar-refractivity contribution < 1.29 is 4.79 Å². The van der Waals surface area contributed by atoms with Gasteiger partial charge in [0.15, 0.2) is 0 Å². The maximum absolute atomic E-state index is 11.2. The number of benzene rings is 1. The Morgan fingerprint density at radius 1 is 1.53 bits per heavy atom. The predicted molar refractivity (Wildman–Crippen MR) is 73.0 cm³/mol. The van der Waals surface area contributed by atoms with Gasteiger partial charge in [-0.1, -0.05) is 22.0 Å². The van der Waals surface area contributed by atoms with E-state index < -0.39 is 0 Å². The molecule has 4 heteroatoms. The molecule has 1 heterocycles. The third-order valence-electron chi connectivity index (χ3n) is 3.34. The van der Waals surface area contributed by atoms with Gasteiger partial charge in [-0.05, 0) is 37.5 Å². The number of nitrogens with zero attached hydrogens (tertiary/aromatic N) is 1. The average molecular weight is 297 g/mol. The van der Waals surface area contributed by atoms with Gasteiger partial charge < -0.3 is 10.6 Å². The number of carbonyl (C=O) groups is 1. The van der Waals surface area contributed by atoms with Crippen molar-refractivity contribution in [3.63, 3.8) is 0 Å². The van der Waals surface area contributed by atoms with E-state index in [0.29, 0.717) is 0 Å². The van der Waals surface area contributed by atoms with E-state index in [1.54, 1.807) is 0 Å². The first-order valence-corrected chi connectivity index (χ1v) is 6.67. The molecular formula is C13H17BrN2O. The molecule has 0 bridgehead atoms. The Bertz CT molecular complexity index is 433. The molecule has 1 aromatic carbocycles. The number of nitrogens with two attached hydrogens (primary N) is 1. The van der Waals surface area contributed by atoms with Crippen LogP contribution in [-0.4, -0.2) is 19.0 Å². The molecule has 3 nitrogen and oxygen atoms in total. The largest absolute Gasteiger partial charge is 0.371 e. The van der Waals surface area contributed by atoms with Gasteiger partial charge in [0.1, 0.15) is 0 Å². The number of anilines is 1. The summed E-state index contributed by atoms with van der Waals surface area (Å²) in [5.41, 5.74) is 7.77. The molecule has 0 radical (unpaired) electrons. The summed E-state index contributed by atoms with van der Waals surface area (Å²) in [7, 11) is 0. The highest BCUT2D eigenvalue weighted by Crippen LogP contribution is 2.27. The van der Waals surface area contributed by atoms with Gasteiger partial charge in [-0.15, -0.1) is 0 Å². The minimum Gasteiger partial charge on any atom is -0.371 e. The molecule has 17 heavy (non-hydrogen) atoms. The summed E-state index contributed by atoms with van der Waals surface area (Å²) in [6, 6.07) is 6.30. The smallest absolute Gasteiger partial charge is 0.222 e. The molecule has 0 aliphatic carbocycles. The molecule has 1 saturated heterocycles. The fourth-order valence-electron chi connectivity index (χ4n) is 2.22. The fraction of sp³-hybridized carbons (Fsp3) is 0.462. The van der Waals surface area contributed by atoms with E-state index in [4.69, 9.17) is 5.73 Å². The number of amides is 1. The Morgan fingerprint density at radius 2 is 2.29 bits per heavy atom. The summed E-state index contributed by atoms with van der Waals surface area (Å²) < 4.78 is 1.11. The highest BCUT2D eigenvalue weighted by atomic mass is 79.9. The lowest BCUT2D eigenvalue weighted by Crippen LogP contribution is -2.41. The van der Waals surface area contributed by atoms with Gasteiger partial charge in [0, 0.05) is 23.2 Å². The maximum Gasteiger partial charge on any atom is 0.222 e. The van der Waals surface area contributed by atoms with E-state index in [2.05, 4.69) is 46.0 Å². The van der Waals surface area contributed by atoms with E-state index in [1.807, 2.05) is 0 Å². The summed E-state index contributed by atoms with van der Waals surface area (Å²) >= 11 is 3.54. The first-order valence-electron chi connectivity index (χ1n) is 5.88. The molecular weight excluding hydrogens is 280 g/mol. The lowest BCUT2D eigenvalue weighted by atomic mass is 9.97. The van der Waals surface area contributed by atoms with Gasteiger partial charge in [-0.2, -0.15) is 0 Å². The van der Waals surface area contributed by atoms with Crippen molar-refractivity contribution in [2.45, 2.75) is 19.8 Å². The summed E-state index contributed by atoms with van der Waals surface area (Å²) in [5.74, 6) is -0.190. The van der Waals surface area contributed by atoms with Gasteiger partial charge in [0.05, 0.1) is 5.92 Å². The van der Waals surface area contributed by atoms with Crippen LogP contribution >= 0.6 is 15.9 Å². The lowest BCUT2D eigenvalue weighted by Gasteiger charge is -2.33. The molecule has 0 aromatic heterocycles. The van der Waals surface area contributed by atoms with Crippen LogP contribution in [0.3, 0.4) is 0 Å². The van der Waals surface area contributed by atoms with Crippen molar-refractivity contribution in [1.82, 2.24) is 0 Å². The zero-order chi connectivity index (χ0) is 12.4. The minimum absolute atomic E-state index is 0.0103. The molecule has 1 aliphatic rings. The first kappa shape index (κ1) is 12.4. The van der Waals surface area contributed by atoms with Crippen LogP contribution in [0.2, 0.25) is 0 Å². The normalized spacial score (nSPS) is 20.4. The maximum atomic E-state index is 11.2. The third-order valence-corrected chi connectivity index (χ3v) is 4.20. The predicted octanol–water partition coefficient (Wildman–Crippen LogP) is 2.46. The lowest BCUT2D eigenvalue weighted by molar-refractivity contribution is -0.122. The zero-order valence-corrected chi connectivity index (χ0v) is 11.5. The van der Waals surface area contributed by atoms with Crippen molar-refractivity contribution in [1.29, 1.82) is 0 Å². The Kier molecular flexibility index (Phi) is 3.72. The molecule has 0 spiro atoms. The number of piperidine rings is 1. The summed E-state index contributed by atoms with van der Waals surface area (Å²) in [6.45, 7) is 3.81. The van der Waals surface area contributed by atoms with Gasteiger partial charge in [-0.3, -0.25) is 4.79 Å². The molecule has 0 saturated carbocycles. The van der Waals surface area contributed by atoms with Crippen molar-refractivity contribution >= 4 is 27.5 Å². The molecule has 1 atom stereocenters. The first-order chi connectivity index (χ1) is 8.08. The number of aryl methyl sites for hydroxylation is 1. The topological polar surface area (TPSA) is 46.3 Å². The SMILES string of the molecule is Cc1ccc(N2CCCC(C(N)=O)C2)cc1Br. The number of halogens is 1. The molecule has 1 aromatic rings. The van der Waals surface area contributed by atoms with E-state index >= 15 is 0 Å². The second-order valence-corrected chi connectivity index (χ2v) is 5.48. The van der Waals surface area contributed by atoms with Crippen LogP contribution in [0.4, 0.5) is 5.69 Å².